The number of amides is 2. The molecule has 0 saturated heterocycles. The molecule has 1 aliphatic carbocycles. The van der Waals surface area contributed by atoms with E-state index >= 15 is 0 Å². The molecule has 3 aromatic carbocycles. The van der Waals surface area contributed by atoms with Gasteiger partial charge in [0.2, 0.25) is 0 Å². The molecule has 0 aliphatic heterocycles. The molecule has 1 saturated carbocycles. The number of aromatic nitrogens is 1. The number of nitrogens with zero attached hydrogens (tertiary/aromatic N) is 1. The van der Waals surface area contributed by atoms with Crippen LogP contribution in [-0.4, -0.2) is 31.1 Å². The summed E-state index contributed by atoms with van der Waals surface area (Å²) in [6.45, 7) is 5.79. The smallest absolute Gasteiger partial charge is 0.411 e. The molecule has 0 unspecified atom stereocenters. The lowest BCUT2D eigenvalue weighted by Gasteiger charge is -2.15. The molecule has 8 nitrogen and oxygen atoms in total. The highest BCUT2D eigenvalue weighted by Gasteiger charge is 2.22. The minimum absolute atomic E-state index is 0.0110. The highest BCUT2D eigenvalue weighted by atomic mass is 32.2. The molecule has 2 amide bonds. The van der Waals surface area contributed by atoms with Crippen molar-refractivity contribution < 1.29 is 22.7 Å². The first-order valence-electron chi connectivity index (χ1n) is 14.3. The molecule has 0 radical (unpaired) electrons. The van der Waals surface area contributed by atoms with E-state index in [1.807, 2.05) is 45.2 Å². The number of anilines is 1. The molecule has 0 spiro atoms. The molecule has 9 heteroatoms. The number of rotatable bonds is 8. The van der Waals surface area contributed by atoms with Crippen LogP contribution in [0, 0.1) is 6.92 Å². The largest absolute Gasteiger partial charge is 0.446 e. The van der Waals surface area contributed by atoms with Gasteiger partial charge in [-0.2, -0.15) is 0 Å². The fourth-order valence-corrected chi connectivity index (χ4v) is 6.95. The van der Waals surface area contributed by atoms with Gasteiger partial charge in [-0.25, -0.2) is 17.9 Å². The molecule has 0 bridgehead atoms. The Morgan fingerprint density at radius 2 is 1.74 bits per heavy atom. The molecule has 220 valence electrons. The quantitative estimate of drug-likeness (QED) is 0.236. The summed E-state index contributed by atoms with van der Waals surface area (Å²) in [7, 11) is -2.03. The summed E-state index contributed by atoms with van der Waals surface area (Å²) in [5.41, 5.74) is 5.62. The van der Waals surface area contributed by atoms with Crippen LogP contribution in [0.25, 0.3) is 10.9 Å². The second-order valence-corrected chi connectivity index (χ2v) is 13.0. The Balaban J connectivity index is 1.38. The Morgan fingerprint density at radius 1 is 1.00 bits per heavy atom. The lowest BCUT2D eigenvalue weighted by Crippen LogP contribution is -2.31. The van der Waals surface area contributed by atoms with Crippen molar-refractivity contribution >= 4 is 38.6 Å². The minimum atomic E-state index is -4.01. The third kappa shape index (κ3) is 6.36. The lowest BCUT2D eigenvalue weighted by atomic mass is 9.91. The second kappa shape index (κ2) is 12.0. The maximum absolute atomic E-state index is 13.1. The fraction of sp³-hybridized carbons (Fsp3) is 0.333. The van der Waals surface area contributed by atoms with Crippen LogP contribution in [0.1, 0.15) is 78.1 Å². The summed E-state index contributed by atoms with van der Waals surface area (Å²) in [6, 6.07) is 17.7. The van der Waals surface area contributed by atoms with Gasteiger partial charge in [0, 0.05) is 35.4 Å². The number of nitrogens with one attached hydrogen (secondary N) is 2. The molecular formula is C33H37N3O5S. The first kappa shape index (κ1) is 29.4. The van der Waals surface area contributed by atoms with E-state index in [0.717, 1.165) is 53.3 Å². The van der Waals surface area contributed by atoms with E-state index in [1.165, 1.54) is 6.07 Å². The van der Waals surface area contributed by atoms with E-state index in [2.05, 4.69) is 20.8 Å². The summed E-state index contributed by atoms with van der Waals surface area (Å²) in [5, 5.41) is 3.89. The third-order valence-corrected chi connectivity index (χ3v) is 9.41. The van der Waals surface area contributed by atoms with Crippen molar-refractivity contribution in [1.82, 2.24) is 9.29 Å². The number of aryl methyl sites for hydroxylation is 2. The molecule has 1 aliphatic rings. The average molecular weight is 588 g/mol. The average Bonchev–Trinajstić information content (AvgIpc) is 3.55. The number of carbonyl (C=O) groups excluding carboxylic acids is 2. The van der Waals surface area contributed by atoms with Gasteiger partial charge in [-0.1, -0.05) is 38.1 Å². The molecule has 4 aromatic rings. The van der Waals surface area contributed by atoms with Crippen LogP contribution in [0.15, 0.2) is 71.8 Å². The third-order valence-electron chi connectivity index (χ3n) is 7.92. The van der Waals surface area contributed by atoms with E-state index in [4.69, 9.17) is 4.74 Å². The summed E-state index contributed by atoms with van der Waals surface area (Å²) >= 11 is 0. The van der Waals surface area contributed by atoms with Crippen LogP contribution < -0.4 is 10.0 Å². The maximum Gasteiger partial charge on any atom is 0.411 e. The van der Waals surface area contributed by atoms with E-state index in [-0.39, 0.29) is 22.5 Å². The van der Waals surface area contributed by atoms with E-state index < -0.39 is 22.0 Å². The van der Waals surface area contributed by atoms with E-state index in [9.17, 15) is 18.0 Å². The van der Waals surface area contributed by atoms with Crippen LogP contribution in [0.4, 0.5) is 10.5 Å². The molecule has 1 aromatic heterocycles. The summed E-state index contributed by atoms with van der Waals surface area (Å²) in [5.74, 6) is -0.574. The van der Waals surface area contributed by atoms with Gasteiger partial charge in [0.05, 0.1) is 4.90 Å². The predicted molar refractivity (Wildman–Crippen MR) is 164 cm³/mol. The molecular weight excluding hydrogens is 550 g/mol. The SMILES string of the molecule is Cc1ccccc1S(=O)(=O)NC(=O)c1ccc(Cc2cn(C)c3ccc(NC(=O)OC4CCCC4)cc23)c(C(C)C)c1. The van der Waals surface area contributed by atoms with Crippen molar-refractivity contribution in [2.75, 3.05) is 5.32 Å². The Hall–Kier alpha value is -4.11. The normalized spacial score (nSPS) is 13.9. The summed E-state index contributed by atoms with van der Waals surface area (Å²) < 4.78 is 35.6. The molecule has 0 atom stereocenters. The van der Waals surface area contributed by atoms with Gasteiger partial charge >= 0.3 is 6.09 Å². The van der Waals surface area contributed by atoms with Gasteiger partial charge in [0.1, 0.15) is 6.10 Å². The Morgan fingerprint density at radius 3 is 2.45 bits per heavy atom. The first-order chi connectivity index (χ1) is 20.0. The lowest BCUT2D eigenvalue weighted by molar-refractivity contribution is 0.0981. The molecule has 2 N–H and O–H groups in total. The van der Waals surface area contributed by atoms with Crippen molar-refractivity contribution in [2.24, 2.45) is 7.05 Å². The number of hydrogen-bond acceptors (Lipinski definition) is 5. The van der Waals surface area contributed by atoms with E-state index in [1.54, 1.807) is 37.3 Å². The van der Waals surface area contributed by atoms with Crippen LogP contribution in [0.2, 0.25) is 0 Å². The fourth-order valence-electron chi connectivity index (χ4n) is 5.73. The summed E-state index contributed by atoms with van der Waals surface area (Å²) in [4.78, 5) is 25.6. The second-order valence-electron chi connectivity index (χ2n) is 11.4. The van der Waals surface area contributed by atoms with Gasteiger partial charge in [0.25, 0.3) is 15.9 Å². The first-order valence-corrected chi connectivity index (χ1v) is 15.8. The number of benzene rings is 3. The standard InChI is InChI=1S/C33H37N3O5S/c1-21(2)28-18-24(32(37)35-42(39,40)31-12-8-5-9-22(31)3)14-13-23(28)17-25-20-36(4)30-16-15-26(19-29(25)30)34-33(38)41-27-10-6-7-11-27/h5,8-9,12-16,18-21,27H,6-7,10-11,17H2,1-4H3,(H,34,38)(H,35,37). The van der Waals surface area contributed by atoms with Gasteiger partial charge in [-0.05, 0) is 104 Å². The number of fused-ring (bicyclic) bond motifs is 1. The van der Waals surface area contributed by atoms with Crippen molar-refractivity contribution in [1.29, 1.82) is 0 Å². The highest BCUT2D eigenvalue weighted by molar-refractivity contribution is 7.90. The monoisotopic (exact) mass is 587 g/mol. The van der Waals surface area contributed by atoms with Crippen LogP contribution in [0.3, 0.4) is 0 Å². The van der Waals surface area contributed by atoms with Gasteiger partial charge in [-0.3, -0.25) is 10.1 Å². The van der Waals surface area contributed by atoms with Crippen LogP contribution in [-0.2, 0) is 28.2 Å². The minimum Gasteiger partial charge on any atom is -0.446 e. The molecule has 42 heavy (non-hydrogen) atoms. The van der Waals surface area contributed by atoms with Crippen LogP contribution >= 0.6 is 0 Å². The topological polar surface area (TPSA) is 107 Å². The van der Waals surface area contributed by atoms with Crippen molar-refractivity contribution in [2.45, 2.75) is 69.8 Å². The van der Waals surface area contributed by atoms with Crippen molar-refractivity contribution in [3.63, 3.8) is 0 Å². The molecule has 1 heterocycles. The zero-order valence-electron chi connectivity index (χ0n) is 24.4. The Kier molecular flexibility index (Phi) is 8.41. The summed E-state index contributed by atoms with van der Waals surface area (Å²) in [6.07, 6.45) is 6.24. The van der Waals surface area contributed by atoms with E-state index in [0.29, 0.717) is 17.7 Å². The van der Waals surface area contributed by atoms with Crippen molar-refractivity contribution in [3.05, 3.63) is 94.7 Å². The Labute approximate surface area is 247 Å². The number of ether oxygens (including phenoxy) is 1. The zero-order valence-corrected chi connectivity index (χ0v) is 25.3. The van der Waals surface area contributed by atoms with Crippen molar-refractivity contribution in [3.8, 4) is 0 Å². The Bertz CT molecular complexity index is 1750. The van der Waals surface area contributed by atoms with Crippen LogP contribution in [0.5, 0.6) is 0 Å². The number of hydrogen-bond donors (Lipinski definition) is 2. The zero-order chi connectivity index (χ0) is 30.0. The molecule has 5 rings (SSSR count). The van der Waals surface area contributed by atoms with Gasteiger partial charge < -0.3 is 9.30 Å². The van der Waals surface area contributed by atoms with Gasteiger partial charge in [-0.15, -0.1) is 0 Å². The van der Waals surface area contributed by atoms with Gasteiger partial charge in [0.15, 0.2) is 0 Å². The molecule has 1 fully saturated rings. The number of sulfonamides is 1. The number of carbonyl (C=O) groups is 2. The predicted octanol–water partition coefficient (Wildman–Crippen LogP) is 6.81. The maximum atomic E-state index is 13.1. The highest BCUT2D eigenvalue weighted by Crippen LogP contribution is 2.30.